The number of carbonyl (C=O) groups is 1. The summed E-state index contributed by atoms with van der Waals surface area (Å²) in [5.74, 6) is 5.35. The largest absolute Gasteiger partial charge is 0.277 e. The molecule has 0 radical (unpaired) electrons. The van der Waals surface area contributed by atoms with Crippen LogP contribution in [0.1, 0.15) is 35.8 Å². The summed E-state index contributed by atoms with van der Waals surface area (Å²) in [6.45, 7) is 4.38. The molecule has 0 aliphatic rings. The molecule has 0 saturated heterocycles. The van der Waals surface area contributed by atoms with E-state index in [0.717, 1.165) is 18.5 Å². The number of aromatic nitrogens is 1. The quantitative estimate of drug-likeness (QED) is 0.380. The zero-order valence-electron chi connectivity index (χ0n) is 9.53. The van der Waals surface area contributed by atoms with E-state index in [1.165, 1.54) is 5.01 Å². The summed E-state index contributed by atoms with van der Waals surface area (Å²) in [6.07, 6.45) is 1.86. The molecular weight excluding hydrogens is 226 g/mol. The van der Waals surface area contributed by atoms with Crippen LogP contribution in [0.3, 0.4) is 0 Å². The van der Waals surface area contributed by atoms with Crippen molar-refractivity contribution in [2.45, 2.75) is 26.7 Å². The molecule has 0 atom stereocenters. The number of hydrazine groups is 1. The Morgan fingerprint density at radius 3 is 2.81 bits per heavy atom. The van der Waals surface area contributed by atoms with Crippen LogP contribution in [0, 0.1) is 6.92 Å². The Morgan fingerprint density at radius 2 is 2.25 bits per heavy atom. The predicted octanol–water partition coefficient (Wildman–Crippen LogP) is 2.16. The Labute approximate surface area is 100 Å². The van der Waals surface area contributed by atoms with E-state index in [-0.39, 0.29) is 11.1 Å². The second-order valence-corrected chi connectivity index (χ2v) is 4.00. The summed E-state index contributed by atoms with van der Waals surface area (Å²) in [5.41, 5.74) is 1.13. The Kier molecular flexibility index (Phi) is 4.71. The van der Waals surface area contributed by atoms with Crippen molar-refractivity contribution in [3.05, 3.63) is 28.5 Å². The molecule has 1 rings (SSSR count). The number of carbonyl (C=O) groups excluding carboxylic acids is 1. The molecule has 0 saturated carbocycles. The fourth-order valence-corrected chi connectivity index (χ4v) is 1.55. The average Bonchev–Trinajstić information content (AvgIpc) is 2.25. The number of rotatable bonds is 4. The van der Waals surface area contributed by atoms with E-state index in [9.17, 15) is 4.79 Å². The highest BCUT2D eigenvalue weighted by Gasteiger charge is 2.15. The summed E-state index contributed by atoms with van der Waals surface area (Å²) < 4.78 is 0. The molecule has 1 aromatic heterocycles. The maximum Gasteiger partial charge on any atom is 0.270 e. The van der Waals surface area contributed by atoms with Crippen LogP contribution in [0.4, 0.5) is 0 Å². The number of pyridine rings is 1. The molecule has 0 aliphatic carbocycles. The minimum absolute atomic E-state index is 0.206. The second-order valence-electron chi connectivity index (χ2n) is 3.64. The van der Waals surface area contributed by atoms with Gasteiger partial charge in [-0.3, -0.25) is 9.80 Å². The molecule has 5 heteroatoms. The highest BCUT2D eigenvalue weighted by atomic mass is 35.5. The molecule has 2 N–H and O–H groups in total. The van der Waals surface area contributed by atoms with Crippen LogP contribution >= 0.6 is 11.6 Å². The summed E-state index contributed by atoms with van der Waals surface area (Å²) in [7, 11) is 0. The summed E-state index contributed by atoms with van der Waals surface area (Å²) in [4.78, 5) is 15.9. The van der Waals surface area contributed by atoms with Gasteiger partial charge in [-0.25, -0.2) is 10.8 Å². The molecule has 1 amide bonds. The van der Waals surface area contributed by atoms with Gasteiger partial charge in [0.25, 0.3) is 5.91 Å². The van der Waals surface area contributed by atoms with Crippen LogP contribution in [0.15, 0.2) is 12.1 Å². The van der Waals surface area contributed by atoms with E-state index < -0.39 is 0 Å². The number of nitrogens with two attached hydrogens (primary N) is 1. The number of aryl methyl sites for hydroxylation is 1. The van der Waals surface area contributed by atoms with Crippen molar-refractivity contribution in [1.29, 1.82) is 0 Å². The highest BCUT2D eigenvalue weighted by Crippen LogP contribution is 2.15. The summed E-state index contributed by atoms with van der Waals surface area (Å²) >= 11 is 5.89. The van der Waals surface area contributed by atoms with E-state index in [4.69, 9.17) is 17.4 Å². The Bertz CT molecular complexity index is 381. The zero-order valence-corrected chi connectivity index (χ0v) is 10.3. The monoisotopic (exact) mass is 241 g/mol. The molecule has 88 valence electrons. The van der Waals surface area contributed by atoms with Gasteiger partial charge in [0.1, 0.15) is 5.15 Å². The molecule has 0 fully saturated rings. The number of amides is 1. The van der Waals surface area contributed by atoms with Gasteiger partial charge in [-0.15, -0.1) is 0 Å². The predicted molar refractivity (Wildman–Crippen MR) is 64.1 cm³/mol. The lowest BCUT2D eigenvalue weighted by molar-refractivity contribution is 0.0753. The smallest absolute Gasteiger partial charge is 0.270 e. The first kappa shape index (κ1) is 12.9. The van der Waals surface area contributed by atoms with E-state index in [1.807, 2.05) is 13.8 Å². The minimum Gasteiger partial charge on any atom is -0.277 e. The number of halogens is 1. The van der Waals surface area contributed by atoms with Crippen LogP contribution in [0.2, 0.25) is 5.15 Å². The van der Waals surface area contributed by atoms with Crippen molar-refractivity contribution in [2.75, 3.05) is 6.54 Å². The van der Waals surface area contributed by atoms with Gasteiger partial charge in [-0.1, -0.05) is 24.9 Å². The van der Waals surface area contributed by atoms with Crippen molar-refractivity contribution in [3.8, 4) is 0 Å². The SMILES string of the molecule is CCCCN(N)C(=O)c1ccc(C)nc1Cl. The maximum atomic E-state index is 11.9. The molecular formula is C11H16ClN3O. The van der Waals surface area contributed by atoms with Gasteiger partial charge < -0.3 is 0 Å². The Hall–Kier alpha value is -1.13. The molecule has 1 heterocycles. The number of hydrogen-bond acceptors (Lipinski definition) is 3. The molecule has 0 unspecified atom stereocenters. The molecule has 0 aliphatic heterocycles. The standard InChI is InChI=1S/C11H16ClN3O/c1-3-4-7-15(13)11(16)9-6-5-8(2)14-10(9)12/h5-6H,3-4,7,13H2,1-2H3. The van der Waals surface area contributed by atoms with E-state index in [0.29, 0.717) is 12.1 Å². The Morgan fingerprint density at radius 1 is 1.56 bits per heavy atom. The molecule has 0 aromatic carbocycles. The van der Waals surface area contributed by atoms with Gasteiger partial charge in [-0.2, -0.15) is 0 Å². The molecule has 1 aromatic rings. The lowest BCUT2D eigenvalue weighted by Gasteiger charge is -2.16. The third kappa shape index (κ3) is 3.18. The number of hydrogen-bond donors (Lipinski definition) is 1. The topological polar surface area (TPSA) is 59.2 Å². The average molecular weight is 242 g/mol. The van der Waals surface area contributed by atoms with E-state index >= 15 is 0 Å². The van der Waals surface area contributed by atoms with Gasteiger partial charge in [0.15, 0.2) is 0 Å². The fraction of sp³-hybridized carbons (Fsp3) is 0.455. The maximum absolute atomic E-state index is 11.9. The minimum atomic E-state index is -0.286. The van der Waals surface area contributed by atoms with Gasteiger partial charge in [0, 0.05) is 12.2 Å². The van der Waals surface area contributed by atoms with Crippen molar-refractivity contribution < 1.29 is 4.79 Å². The van der Waals surface area contributed by atoms with E-state index in [2.05, 4.69) is 4.98 Å². The first-order valence-corrected chi connectivity index (χ1v) is 5.63. The third-order valence-corrected chi connectivity index (χ3v) is 2.52. The third-order valence-electron chi connectivity index (χ3n) is 2.23. The normalized spacial score (nSPS) is 10.2. The van der Waals surface area contributed by atoms with Crippen molar-refractivity contribution in [3.63, 3.8) is 0 Å². The second kappa shape index (κ2) is 5.82. The van der Waals surface area contributed by atoms with Crippen molar-refractivity contribution >= 4 is 17.5 Å². The molecule has 4 nitrogen and oxygen atoms in total. The van der Waals surface area contributed by atoms with Crippen LogP contribution in [0.5, 0.6) is 0 Å². The van der Waals surface area contributed by atoms with Crippen LogP contribution < -0.4 is 5.84 Å². The van der Waals surface area contributed by atoms with Crippen molar-refractivity contribution in [2.24, 2.45) is 5.84 Å². The molecule has 0 bridgehead atoms. The van der Waals surface area contributed by atoms with Crippen molar-refractivity contribution in [1.82, 2.24) is 9.99 Å². The number of unbranched alkanes of at least 4 members (excludes halogenated alkanes) is 1. The highest BCUT2D eigenvalue weighted by molar-refractivity contribution is 6.32. The zero-order chi connectivity index (χ0) is 12.1. The van der Waals surface area contributed by atoms with E-state index in [1.54, 1.807) is 12.1 Å². The first-order valence-electron chi connectivity index (χ1n) is 5.26. The fourth-order valence-electron chi connectivity index (χ4n) is 1.27. The van der Waals surface area contributed by atoms with Gasteiger partial charge >= 0.3 is 0 Å². The summed E-state index contributed by atoms with van der Waals surface area (Å²) in [6, 6.07) is 3.39. The van der Waals surface area contributed by atoms with Gasteiger partial charge in [0.05, 0.1) is 5.56 Å². The lowest BCUT2D eigenvalue weighted by Crippen LogP contribution is -2.38. The first-order chi connectivity index (χ1) is 7.56. The lowest BCUT2D eigenvalue weighted by atomic mass is 10.2. The van der Waals surface area contributed by atoms with Crippen LogP contribution in [-0.4, -0.2) is 22.4 Å². The summed E-state index contributed by atoms with van der Waals surface area (Å²) in [5, 5.41) is 1.39. The van der Waals surface area contributed by atoms with Gasteiger partial charge in [-0.05, 0) is 25.5 Å². The Balaban J connectivity index is 2.79. The van der Waals surface area contributed by atoms with Gasteiger partial charge in [0.2, 0.25) is 0 Å². The molecule has 16 heavy (non-hydrogen) atoms. The number of nitrogens with zero attached hydrogens (tertiary/aromatic N) is 2. The van der Waals surface area contributed by atoms with Crippen LogP contribution in [-0.2, 0) is 0 Å². The molecule has 0 spiro atoms. The van der Waals surface area contributed by atoms with Crippen LogP contribution in [0.25, 0.3) is 0 Å².